The second kappa shape index (κ2) is 8.08. The third-order valence-corrected chi connectivity index (χ3v) is 4.92. The minimum atomic E-state index is 0.0447. The standard InChI is InChI=1S/C22H23N5O/c1-17(28)18-6-5-7-19(14-18)25-21-15-22(24-16-23-21)27-12-10-26(11-13-27)20-8-3-2-4-9-20/h2-9,14-16H,10-13H2,1H3,(H,23,24,25). The molecule has 0 saturated carbocycles. The van der Waals surface area contributed by atoms with Gasteiger partial charge in [0.15, 0.2) is 5.78 Å². The van der Waals surface area contributed by atoms with Crippen molar-refractivity contribution in [2.45, 2.75) is 6.92 Å². The van der Waals surface area contributed by atoms with E-state index in [2.05, 4.69) is 49.4 Å². The van der Waals surface area contributed by atoms with E-state index in [0.717, 1.165) is 43.5 Å². The molecule has 0 amide bonds. The number of ketones is 1. The number of Topliss-reactive ketones (excluding diaryl/α,β-unsaturated/α-hetero) is 1. The minimum Gasteiger partial charge on any atom is -0.368 e. The van der Waals surface area contributed by atoms with Gasteiger partial charge in [-0.15, -0.1) is 0 Å². The largest absolute Gasteiger partial charge is 0.368 e. The number of nitrogens with zero attached hydrogens (tertiary/aromatic N) is 4. The number of aromatic nitrogens is 2. The molecule has 4 rings (SSSR count). The van der Waals surface area contributed by atoms with Gasteiger partial charge in [0.1, 0.15) is 18.0 Å². The topological polar surface area (TPSA) is 61.4 Å². The first-order chi connectivity index (χ1) is 13.7. The van der Waals surface area contributed by atoms with Gasteiger partial charge in [-0.2, -0.15) is 0 Å². The summed E-state index contributed by atoms with van der Waals surface area (Å²) in [4.78, 5) is 25.0. The first kappa shape index (κ1) is 18.0. The highest BCUT2D eigenvalue weighted by atomic mass is 16.1. The number of nitrogens with one attached hydrogen (secondary N) is 1. The Labute approximate surface area is 164 Å². The molecule has 1 N–H and O–H groups in total. The van der Waals surface area contributed by atoms with Crippen molar-refractivity contribution < 1.29 is 4.79 Å². The fraction of sp³-hybridized carbons (Fsp3) is 0.227. The molecule has 2 heterocycles. The molecule has 0 radical (unpaired) electrons. The second-order valence-corrected chi connectivity index (χ2v) is 6.83. The van der Waals surface area contributed by atoms with Crippen molar-refractivity contribution in [3.05, 3.63) is 72.6 Å². The summed E-state index contributed by atoms with van der Waals surface area (Å²) in [5.74, 6) is 1.67. The molecule has 6 nitrogen and oxygen atoms in total. The molecule has 1 saturated heterocycles. The summed E-state index contributed by atoms with van der Waals surface area (Å²) in [5, 5.41) is 3.27. The van der Waals surface area contributed by atoms with Crippen LogP contribution in [0.25, 0.3) is 0 Å². The molecule has 0 spiro atoms. The predicted molar refractivity (Wildman–Crippen MR) is 113 cm³/mol. The maximum atomic E-state index is 11.6. The maximum absolute atomic E-state index is 11.6. The number of benzene rings is 2. The quantitative estimate of drug-likeness (QED) is 0.688. The minimum absolute atomic E-state index is 0.0447. The molecule has 1 aromatic heterocycles. The maximum Gasteiger partial charge on any atom is 0.159 e. The number of carbonyl (C=O) groups is 1. The van der Waals surface area contributed by atoms with E-state index >= 15 is 0 Å². The zero-order chi connectivity index (χ0) is 19.3. The lowest BCUT2D eigenvalue weighted by Gasteiger charge is -2.36. The van der Waals surface area contributed by atoms with Crippen LogP contribution in [-0.2, 0) is 0 Å². The van der Waals surface area contributed by atoms with E-state index in [1.165, 1.54) is 5.69 Å². The van der Waals surface area contributed by atoms with Crippen LogP contribution in [0.5, 0.6) is 0 Å². The van der Waals surface area contributed by atoms with Crippen molar-refractivity contribution in [2.24, 2.45) is 0 Å². The summed E-state index contributed by atoms with van der Waals surface area (Å²) in [6.45, 7) is 5.29. The molecule has 0 atom stereocenters. The summed E-state index contributed by atoms with van der Waals surface area (Å²) in [6.07, 6.45) is 1.58. The van der Waals surface area contributed by atoms with Crippen LogP contribution in [-0.4, -0.2) is 41.9 Å². The number of rotatable bonds is 5. The molecular formula is C22H23N5O. The van der Waals surface area contributed by atoms with Crippen molar-refractivity contribution in [2.75, 3.05) is 41.3 Å². The van der Waals surface area contributed by atoms with Gasteiger partial charge >= 0.3 is 0 Å². The lowest BCUT2D eigenvalue weighted by molar-refractivity contribution is 0.101. The average molecular weight is 373 g/mol. The number of para-hydroxylation sites is 1. The lowest BCUT2D eigenvalue weighted by atomic mass is 10.1. The van der Waals surface area contributed by atoms with Crippen LogP contribution < -0.4 is 15.1 Å². The van der Waals surface area contributed by atoms with E-state index in [1.807, 2.05) is 36.4 Å². The van der Waals surface area contributed by atoms with Gasteiger partial charge < -0.3 is 15.1 Å². The van der Waals surface area contributed by atoms with Crippen LogP contribution in [0.4, 0.5) is 23.0 Å². The molecular weight excluding hydrogens is 350 g/mol. The lowest BCUT2D eigenvalue weighted by Crippen LogP contribution is -2.46. The van der Waals surface area contributed by atoms with Crippen molar-refractivity contribution in [1.82, 2.24) is 9.97 Å². The Balaban J connectivity index is 1.43. The van der Waals surface area contributed by atoms with Crippen LogP contribution in [0.15, 0.2) is 67.0 Å². The van der Waals surface area contributed by atoms with Gasteiger partial charge in [0.05, 0.1) is 0 Å². The summed E-state index contributed by atoms with van der Waals surface area (Å²) in [6, 6.07) is 19.9. The summed E-state index contributed by atoms with van der Waals surface area (Å²) in [5.41, 5.74) is 2.78. The third kappa shape index (κ3) is 4.11. The van der Waals surface area contributed by atoms with Gasteiger partial charge in [0.2, 0.25) is 0 Å². The van der Waals surface area contributed by atoms with E-state index in [9.17, 15) is 4.79 Å². The molecule has 6 heteroatoms. The van der Waals surface area contributed by atoms with Crippen molar-refractivity contribution in [3.8, 4) is 0 Å². The molecule has 3 aromatic rings. The molecule has 1 aliphatic rings. The normalized spacial score (nSPS) is 14.0. The first-order valence-corrected chi connectivity index (χ1v) is 9.44. The van der Waals surface area contributed by atoms with Crippen molar-refractivity contribution in [1.29, 1.82) is 0 Å². The van der Waals surface area contributed by atoms with Crippen LogP contribution in [0.2, 0.25) is 0 Å². The Kier molecular flexibility index (Phi) is 5.19. The van der Waals surface area contributed by atoms with Gasteiger partial charge in [-0.25, -0.2) is 9.97 Å². The molecule has 142 valence electrons. The van der Waals surface area contributed by atoms with E-state index < -0.39 is 0 Å². The summed E-state index contributed by atoms with van der Waals surface area (Å²) >= 11 is 0. The van der Waals surface area contributed by atoms with Crippen LogP contribution >= 0.6 is 0 Å². The van der Waals surface area contributed by atoms with E-state index in [4.69, 9.17) is 0 Å². The van der Waals surface area contributed by atoms with Crippen LogP contribution in [0, 0.1) is 0 Å². The number of anilines is 4. The number of hydrogen-bond acceptors (Lipinski definition) is 6. The molecule has 1 aliphatic heterocycles. The Hall–Kier alpha value is -3.41. The van der Waals surface area contributed by atoms with Gasteiger partial charge in [-0.05, 0) is 31.2 Å². The van der Waals surface area contributed by atoms with E-state index in [0.29, 0.717) is 5.56 Å². The van der Waals surface area contributed by atoms with E-state index in [1.54, 1.807) is 13.3 Å². The average Bonchev–Trinajstić information content (AvgIpc) is 2.75. The first-order valence-electron chi connectivity index (χ1n) is 9.44. The molecule has 2 aromatic carbocycles. The fourth-order valence-electron chi connectivity index (χ4n) is 3.38. The third-order valence-electron chi connectivity index (χ3n) is 4.92. The SMILES string of the molecule is CC(=O)c1cccc(Nc2cc(N3CCN(c4ccccc4)CC3)ncn2)c1. The van der Waals surface area contributed by atoms with Crippen molar-refractivity contribution >= 4 is 28.8 Å². The van der Waals surface area contributed by atoms with Gasteiger partial charge in [-0.1, -0.05) is 30.3 Å². The Bertz CT molecular complexity index is 952. The number of hydrogen-bond donors (Lipinski definition) is 1. The van der Waals surface area contributed by atoms with Gasteiger partial charge in [-0.3, -0.25) is 4.79 Å². The highest BCUT2D eigenvalue weighted by Crippen LogP contribution is 2.22. The van der Waals surface area contributed by atoms with Crippen molar-refractivity contribution in [3.63, 3.8) is 0 Å². The number of piperazine rings is 1. The molecule has 0 aliphatic carbocycles. The monoisotopic (exact) mass is 373 g/mol. The highest BCUT2D eigenvalue weighted by Gasteiger charge is 2.18. The molecule has 1 fully saturated rings. The summed E-state index contributed by atoms with van der Waals surface area (Å²) in [7, 11) is 0. The predicted octanol–water partition coefficient (Wildman–Crippen LogP) is 3.75. The zero-order valence-corrected chi connectivity index (χ0v) is 15.9. The Morgan fingerprint density at radius 1 is 0.893 bits per heavy atom. The highest BCUT2D eigenvalue weighted by molar-refractivity contribution is 5.95. The smallest absolute Gasteiger partial charge is 0.159 e. The molecule has 0 bridgehead atoms. The Morgan fingerprint density at radius 2 is 1.64 bits per heavy atom. The second-order valence-electron chi connectivity index (χ2n) is 6.83. The van der Waals surface area contributed by atoms with Crippen LogP contribution in [0.3, 0.4) is 0 Å². The number of carbonyl (C=O) groups excluding carboxylic acids is 1. The fourth-order valence-corrected chi connectivity index (χ4v) is 3.38. The molecule has 28 heavy (non-hydrogen) atoms. The molecule has 0 unspecified atom stereocenters. The summed E-state index contributed by atoms with van der Waals surface area (Å²) < 4.78 is 0. The van der Waals surface area contributed by atoms with Gasteiger partial charge in [0.25, 0.3) is 0 Å². The van der Waals surface area contributed by atoms with E-state index in [-0.39, 0.29) is 5.78 Å². The van der Waals surface area contributed by atoms with Gasteiger partial charge in [0, 0.05) is 49.2 Å². The Morgan fingerprint density at radius 3 is 2.39 bits per heavy atom. The van der Waals surface area contributed by atoms with Crippen LogP contribution in [0.1, 0.15) is 17.3 Å². The zero-order valence-electron chi connectivity index (χ0n) is 15.9.